The predicted octanol–water partition coefficient (Wildman–Crippen LogP) is -1.38. The van der Waals surface area contributed by atoms with E-state index in [2.05, 4.69) is 0 Å². The van der Waals surface area contributed by atoms with Crippen molar-refractivity contribution in [3.05, 3.63) is 0 Å². The summed E-state index contributed by atoms with van der Waals surface area (Å²) in [6.07, 6.45) is 0. The van der Waals surface area contributed by atoms with Gasteiger partial charge in [0.2, 0.25) is 0 Å². The Morgan fingerprint density at radius 2 is 0.833 bits per heavy atom. The molecule has 0 aliphatic heterocycles. The Kier molecular flexibility index (Phi) is 2240. The Hall–Kier alpha value is 1.45. The Labute approximate surface area is 69.3 Å². The Bertz CT molecular complexity index is 13.5. The third-order valence-corrected chi connectivity index (χ3v) is 0. The second-order valence-corrected chi connectivity index (χ2v) is 0. The topological polar surface area (TPSA) is 57.0 Å². The van der Waals surface area contributed by atoms with Gasteiger partial charge >= 0.3 is 21.7 Å². The van der Waals surface area contributed by atoms with Crippen LogP contribution in [0.5, 0.6) is 0 Å². The Balaban J connectivity index is 0. The van der Waals surface area contributed by atoms with E-state index in [4.69, 9.17) is 0 Å². The summed E-state index contributed by atoms with van der Waals surface area (Å²) in [6, 6.07) is 0. The van der Waals surface area contributed by atoms with Gasteiger partial charge in [-0.1, -0.05) is 0 Å². The van der Waals surface area contributed by atoms with Gasteiger partial charge in [0.15, 0.2) is 0 Å². The van der Waals surface area contributed by atoms with Crippen LogP contribution in [0.15, 0.2) is 0 Å². The van der Waals surface area contributed by atoms with Gasteiger partial charge in [0.05, 0.1) is 0 Å². The third-order valence-electron chi connectivity index (χ3n) is 0. The summed E-state index contributed by atoms with van der Waals surface area (Å²) in [5.41, 5.74) is 0. The molecule has 6 heavy (non-hydrogen) atoms. The van der Waals surface area contributed by atoms with Crippen molar-refractivity contribution >= 4 is 36.7 Å². The van der Waals surface area contributed by atoms with Crippen LogP contribution in [-0.4, -0.2) is 36.7 Å². The maximum absolute atomic E-state index is 0. The van der Waals surface area contributed by atoms with Crippen molar-refractivity contribution in [2.45, 2.75) is 0 Å². The maximum Gasteiger partial charge on any atom is 4.00 e. The van der Waals surface area contributed by atoms with Crippen molar-refractivity contribution in [3.63, 3.8) is 0 Å². The second-order valence-electron chi connectivity index (χ2n) is 0. The van der Waals surface area contributed by atoms with E-state index in [9.17, 15) is 0 Å². The normalized spacial score (nSPS) is 0. The Morgan fingerprint density at radius 3 is 0.833 bits per heavy atom. The first-order chi connectivity index (χ1) is 0. The van der Waals surface area contributed by atoms with Gasteiger partial charge in [0.1, 0.15) is 0 Å². The van der Waals surface area contributed by atoms with Gasteiger partial charge in [-0.25, -0.2) is 0 Å². The number of rotatable bonds is 0. The molecule has 2 nitrogen and oxygen atoms in total. The fourth-order valence-electron chi connectivity index (χ4n) is 0. The summed E-state index contributed by atoms with van der Waals surface area (Å²) < 4.78 is 0. The molecule has 0 fully saturated rings. The number of hydrogen-bond acceptors (Lipinski definition) is 0. The van der Waals surface area contributed by atoms with E-state index in [0.717, 1.165) is 0 Å². The van der Waals surface area contributed by atoms with Gasteiger partial charge in [-0.3, -0.25) is 0 Å². The molecule has 0 aromatic rings. The molecule has 0 aliphatic rings. The molecule has 0 aliphatic carbocycles. The molecule has 0 aromatic carbocycles. The summed E-state index contributed by atoms with van der Waals surface area (Å²) >= 11 is 0. The first-order valence-electron chi connectivity index (χ1n) is 0. The molecule has 0 aromatic heterocycles. The zero-order chi connectivity index (χ0) is 0. The zero-order valence-electron chi connectivity index (χ0n) is 2.97. The molecular weight excluding hydrogens is 146 g/mol. The van der Waals surface area contributed by atoms with E-state index in [-0.39, 0.29) is 69.4 Å². The van der Waals surface area contributed by atoms with Crippen LogP contribution in [-0.2, 0) is 32.7 Å². The van der Waals surface area contributed by atoms with Crippen LogP contribution in [0.1, 0.15) is 0 Å². The van der Waals surface area contributed by atoms with Crippen LogP contribution in [0.3, 0.4) is 0 Å². The average molecular weight is 146 g/mol. The quantitative estimate of drug-likeness (QED) is 0.378. The van der Waals surface area contributed by atoms with E-state index in [1.54, 1.807) is 0 Å². The van der Waals surface area contributed by atoms with E-state index in [1.807, 2.05) is 0 Å². The third kappa shape index (κ3) is 51.4. The van der Waals surface area contributed by atoms with Gasteiger partial charge in [0, 0.05) is 36.7 Å². The molecule has 0 saturated carbocycles. The first-order valence-corrected chi connectivity index (χ1v) is 0. The van der Waals surface area contributed by atoms with E-state index in [1.165, 1.54) is 0 Å². The fraction of sp³-hybridized carbons (Fsp3) is 0. The molecule has 0 atom stereocenters. The molecule has 0 amide bonds. The van der Waals surface area contributed by atoms with E-state index >= 15 is 0 Å². The van der Waals surface area contributed by atoms with Crippen LogP contribution >= 0.6 is 0 Å². The van der Waals surface area contributed by atoms with Crippen LogP contribution in [0.25, 0.3) is 0 Å². The first kappa shape index (κ1) is 148. The fourth-order valence-corrected chi connectivity index (χ4v) is 0. The predicted molar refractivity (Wildman–Crippen MR) is 18.6 cm³/mol. The zero-order valence-corrected chi connectivity index (χ0v) is 6.69. The molecule has 0 heterocycles. The molecule has 6 heteroatoms. The van der Waals surface area contributed by atoms with Crippen LogP contribution < -0.4 is 0 Å². The van der Waals surface area contributed by atoms with E-state index < -0.39 is 0 Å². The molecule has 10 radical (unpaired) electrons. The minimum atomic E-state index is 0. The summed E-state index contributed by atoms with van der Waals surface area (Å²) in [5.74, 6) is 0. The molecule has 0 N–H and O–H groups in total. The monoisotopic (exact) mass is 146 g/mol. The minimum Gasteiger partial charge on any atom is -2.00 e. The van der Waals surface area contributed by atoms with Gasteiger partial charge in [-0.15, -0.1) is 0 Å². The van der Waals surface area contributed by atoms with Crippen molar-refractivity contribution in [3.8, 4) is 0 Å². The van der Waals surface area contributed by atoms with Crippen molar-refractivity contribution in [1.29, 1.82) is 0 Å². The number of hydrogen-bond donors (Lipinski definition) is 0. The smallest absolute Gasteiger partial charge is 2.00 e. The average Bonchev–Trinajstić information content (AvgIpc) is 0. The van der Waals surface area contributed by atoms with Gasteiger partial charge in [-0.2, -0.15) is 0 Å². The maximum atomic E-state index is 0. The molecular formula is AlBO2SiTi. The van der Waals surface area contributed by atoms with Crippen molar-refractivity contribution in [2.24, 2.45) is 0 Å². The second kappa shape index (κ2) is 91.2. The molecule has 0 rings (SSSR count). The molecule has 0 spiro atoms. The van der Waals surface area contributed by atoms with Gasteiger partial charge in [0.25, 0.3) is 0 Å². The van der Waals surface area contributed by atoms with Crippen molar-refractivity contribution in [1.82, 2.24) is 0 Å². The van der Waals surface area contributed by atoms with Crippen molar-refractivity contribution in [2.75, 3.05) is 0 Å². The molecule has 0 bridgehead atoms. The summed E-state index contributed by atoms with van der Waals surface area (Å²) in [4.78, 5) is 0. The standard InChI is InChI=1S/Al.B.2O.Si.Ti/q;;2*-2;;+4. The van der Waals surface area contributed by atoms with Crippen LogP contribution in [0.2, 0.25) is 0 Å². The van der Waals surface area contributed by atoms with Crippen LogP contribution in [0, 0.1) is 0 Å². The largest absolute Gasteiger partial charge is 4.00 e. The minimum absolute atomic E-state index is 0. The summed E-state index contributed by atoms with van der Waals surface area (Å²) in [6.45, 7) is 0. The van der Waals surface area contributed by atoms with Gasteiger partial charge < -0.3 is 11.0 Å². The summed E-state index contributed by atoms with van der Waals surface area (Å²) in [5, 5.41) is 0. The van der Waals surface area contributed by atoms with Gasteiger partial charge in [-0.05, 0) is 0 Å². The molecule has 26 valence electrons. The Morgan fingerprint density at radius 1 is 0.833 bits per heavy atom. The van der Waals surface area contributed by atoms with Crippen molar-refractivity contribution < 1.29 is 32.7 Å². The summed E-state index contributed by atoms with van der Waals surface area (Å²) in [7, 11) is 0. The van der Waals surface area contributed by atoms with Crippen LogP contribution in [0.4, 0.5) is 0 Å². The molecule has 0 saturated heterocycles. The van der Waals surface area contributed by atoms with E-state index in [0.29, 0.717) is 0 Å². The SMILES string of the molecule is [Al].[B].[O-2].[O-2].[Si].[Ti+4]. The molecule has 0 unspecified atom stereocenters.